The highest BCUT2D eigenvalue weighted by molar-refractivity contribution is 6.39. The molecule has 160 valence electrons. The van der Waals surface area contributed by atoms with Crippen molar-refractivity contribution in [3.8, 4) is 0 Å². The first-order chi connectivity index (χ1) is 14.5. The molecule has 7 heteroatoms. The molecule has 1 heterocycles. The molecule has 0 spiro atoms. The van der Waals surface area contributed by atoms with E-state index in [0.29, 0.717) is 19.0 Å². The minimum Gasteiger partial charge on any atom is -0.372 e. The Balaban J connectivity index is 1.39. The number of hydrogen-bond acceptors (Lipinski definition) is 3. The zero-order valence-electron chi connectivity index (χ0n) is 16.9. The van der Waals surface area contributed by atoms with Gasteiger partial charge in [0.1, 0.15) is 11.6 Å². The second-order valence-electron chi connectivity index (χ2n) is 7.51. The van der Waals surface area contributed by atoms with Crippen LogP contribution in [0.1, 0.15) is 37.7 Å². The molecule has 2 N–H and O–H groups in total. The first-order valence-electron chi connectivity index (χ1n) is 10.4. The van der Waals surface area contributed by atoms with Gasteiger partial charge in [-0.15, -0.1) is 0 Å². The molecule has 1 fully saturated rings. The monoisotopic (exact) mass is 415 g/mol. The van der Waals surface area contributed by atoms with Crippen LogP contribution in [0.25, 0.3) is 0 Å². The van der Waals surface area contributed by atoms with Gasteiger partial charge in [0.05, 0.1) is 5.69 Å². The Hall–Kier alpha value is -2.96. The molecule has 1 aliphatic heterocycles. The molecule has 0 aliphatic carbocycles. The molecule has 2 aromatic rings. The maximum absolute atomic E-state index is 13.5. The first kappa shape index (κ1) is 21.7. The van der Waals surface area contributed by atoms with Crippen LogP contribution in [0, 0.1) is 11.6 Å². The second-order valence-corrected chi connectivity index (χ2v) is 7.51. The van der Waals surface area contributed by atoms with Gasteiger partial charge in [0.2, 0.25) is 0 Å². The SMILES string of the molecule is O=C(NCCCc1ccc(N2CCCCCC2)cc1)C(=O)Nc1ccc(F)cc1F. The highest BCUT2D eigenvalue weighted by Crippen LogP contribution is 2.20. The Morgan fingerprint density at radius 3 is 2.27 bits per heavy atom. The van der Waals surface area contributed by atoms with E-state index < -0.39 is 23.4 Å². The van der Waals surface area contributed by atoms with Crippen molar-refractivity contribution in [2.75, 3.05) is 29.9 Å². The van der Waals surface area contributed by atoms with E-state index in [1.807, 2.05) is 0 Å². The van der Waals surface area contributed by atoms with E-state index in [9.17, 15) is 18.4 Å². The fraction of sp³-hybridized carbons (Fsp3) is 0.391. The molecule has 3 rings (SSSR count). The number of nitrogens with one attached hydrogen (secondary N) is 2. The van der Waals surface area contributed by atoms with E-state index in [0.717, 1.165) is 31.6 Å². The van der Waals surface area contributed by atoms with Crippen molar-refractivity contribution in [2.24, 2.45) is 0 Å². The van der Waals surface area contributed by atoms with Gasteiger partial charge in [-0.25, -0.2) is 8.78 Å². The Morgan fingerprint density at radius 2 is 1.60 bits per heavy atom. The number of halogens is 2. The van der Waals surface area contributed by atoms with E-state index in [-0.39, 0.29) is 5.69 Å². The summed E-state index contributed by atoms with van der Waals surface area (Å²) < 4.78 is 26.4. The molecule has 0 saturated carbocycles. The normalized spacial score (nSPS) is 14.1. The van der Waals surface area contributed by atoms with Gasteiger partial charge in [-0.1, -0.05) is 25.0 Å². The molecule has 5 nitrogen and oxygen atoms in total. The second kappa shape index (κ2) is 10.7. The highest BCUT2D eigenvalue weighted by atomic mass is 19.1. The lowest BCUT2D eigenvalue weighted by atomic mass is 10.1. The van der Waals surface area contributed by atoms with Crippen LogP contribution in [0.5, 0.6) is 0 Å². The van der Waals surface area contributed by atoms with Crippen LogP contribution in [-0.2, 0) is 16.0 Å². The summed E-state index contributed by atoms with van der Waals surface area (Å²) in [5.74, 6) is -3.52. The van der Waals surface area contributed by atoms with Gasteiger partial charge >= 0.3 is 11.8 Å². The number of amides is 2. The summed E-state index contributed by atoms with van der Waals surface area (Å²) in [7, 11) is 0. The van der Waals surface area contributed by atoms with Crippen LogP contribution in [0.15, 0.2) is 42.5 Å². The molecular formula is C23H27F2N3O2. The Morgan fingerprint density at radius 1 is 0.900 bits per heavy atom. The summed E-state index contributed by atoms with van der Waals surface area (Å²) in [5, 5.41) is 4.66. The lowest BCUT2D eigenvalue weighted by Gasteiger charge is -2.22. The van der Waals surface area contributed by atoms with Crippen molar-refractivity contribution in [1.82, 2.24) is 5.32 Å². The Labute approximate surface area is 175 Å². The van der Waals surface area contributed by atoms with E-state index in [2.05, 4.69) is 39.8 Å². The van der Waals surface area contributed by atoms with Gasteiger partial charge in [-0.05, 0) is 55.5 Å². The number of carbonyl (C=O) groups excluding carboxylic acids is 2. The van der Waals surface area contributed by atoms with E-state index >= 15 is 0 Å². The average molecular weight is 415 g/mol. The molecule has 1 aliphatic rings. The third kappa shape index (κ3) is 6.27. The average Bonchev–Trinajstić information content (AvgIpc) is 3.03. The van der Waals surface area contributed by atoms with Crippen LogP contribution in [-0.4, -0.2) is 31.4 Å². The summed E-state index contributed by atoms with van der Waals surface area (Å²) in [6, 6.07) is 11.2. The van der Waals surface area contributed by atoms with Gasteiger partial charge in [0.25, 0.3) is 0 Å². The first-order valence-corrected chi connectivity index (χ1v) is 10.4. The van der Waals surface area contributed by atoms with Gasteiger partial charge in [-0.3, -0.25) is 9.59 Å². The molecule has 0 atom stereocenters. The summed E-state index contributed by atoms with van der Waals surface area (Å²) >= 11 is 0. The van der Waals surface area contributed by atoms with E-state index in [4.69, 9.17) is 0 Å². The summed E-state index contributed by atoms with van der Waals surface area (Å²) in [6.07, 6.45) is 6.53. The van der Waals surface area contributed by atoms with Gasteiger partial charge < -0.3 is 15.5 Å². The fourth-order valence-corrected chi connectivity index (χ4v) is 3.55. The van der Waals surface area contributed by atoms with Crippen molar-refractivity contribution in [3.63, 3.8) is 0 Å². The molecule has 2 aromatic carbocycles. The third-order valence-corrected chi connectivity index (χ3v) is 5.22. The third-order valence-electron chi connectivity index (χ3n) is 5.22. The minimum atomic E-state index is -0.984. The number of anilines is 2. The largest absolute Gasteiger partial charge is 0.372 e. The molecule has 1 saturated heterocycles. The molecule has 30 heavy (non-hydrogen) atoms. The van der Waals surface area contributed by atoms with E-state index in [1.54, 1.807) is 0 Å². The lowest BCUT2D eigenvalue weighted by molar-refractivity contribution is -0.136. The van der Waals surface area contributed by atoms with Crippen LogP contribution in [0.3, 0.4) is 0 Å². The molecule has 0 aromatic heterocycles. The molecule has 0 bridgehead atoms. The number of benzene rings is 2. The van der Waals surface area contributed by atoms with Gasteiger partial charge in [0.15, 0.2) is 0 Å². The number of carbonyl (C=O) groups is 2. The van der Waals surface area contributed by atoms with Crippen molar-refractivity contribution in [1.29, 1.82) is 0 Å². The van der Waals surface area contributed by atoms with Crippen molar-refractivity contribution in [3.05, 3.63) is 59.7 Å². The smallest absolute Gasteiger partial charge is 0.313 e. The van der Waals surface area contributed by atoms with Crippen LogP contribution in [0.4, 0.5) is 20.2 Å². The maximum Gasteiger partial charge on any atom is 0.313 e. The summed E-state index contributed by atoms with van der Waals surface area (Å²) in [4.78, 5) is 26.1. The van der Waals surface area contributed by atoms with Gasteiger partial charge in [0, 0.05) is 31.4 Å². The van der Waals surface area contributed by atoms with Crippen molar-refractivity contribution < 1.29 is 18.4 Å². The number of rotatable bonds is 6. The molecule has 0 radical (unpaired) electrons. The minimum absolute atomic E-state index is 0.235. The van der Waals surface area contributed by atoms with Crippen molar-refractivity contribution >= 4 is 23.2 Å². The van der Waals surface area contributed by atoms with Crippen LogP contribution in [0.2, 0.25) is 0 Å². The number of nitrogens with zero attached hydrogens (tertiary/aromatic N) is 1. The fourth-order valence-electron chi connectivity index (χ4n) is 3.55. The van der Waals surface area contributed by atoms with Crippen LogP contribution >= 0.6 is 0 Å². The number of aryl methyl sites for hydroxylation is 1. The zero-order valence-corrected chi connectivity index (χ0v) is 16.9. The van der Waals surface area contributed by atoms with E-state index in [1.165, 1.54) is 36.9 Å². The lowest BCUT2D eigenvalue weighted by Crippen LogP contribution is -2.36. The molecular weight excluding hydrogens is 388 g/mol. The molecule has 0 unspecified atom stereocenters. The van der Waals surface area contributed by atoms with Gasteiger partial charge in [-0.2, -0.15) is 0 Å². The summed E-state index contributed by atoms with van der Waals surface area (Å²) in [5.41, 5.74) is 2.18. The maximum atomic E-state index is 13.5. The van der Waals surface area contributed by atoms with Crippen LogP contribution < -0.4 is 15.5 Å². The molecule has 2 amide bonds. The Kier molecular flexibility index (Phi) is 7.76. The number of hydrogen-bond donors (Lipinski definition) is 2. The predicted molar refractivity (Wildman–Crippen MR) is 113 cm³/mol. The Bertz CT molecular complexity index is 863. The quantitative estimate of drug-likeness (QED) is 0.553. The standard InChI is InChI=1S/C23H27F2N3O2/c24-18-9-12-21(20(25)16-18)27-23(30)22(29)26-13-5-6-17-7-10-19(11-8-17)28-14-3-1-2-4-15-28/h7-12,16H,1-6,13-15H2,(H,26,29)(H,27,30). The summed E-state index contributed by atoms with van der Waals surface area (Å²) in [6.45, 7) is 2.54. The predicted octanol–water partition coefficient (Wildman–Crippen LogP) is 4.03. The highest BCUT2D eigenvalue weighted by Gasteiger charge is 2.15. The van der Waals surface area contributed by atoms with Crippen molar-refractivity contribution in [2.45, 2.75) is 38.5 Å². The zero-order chi connectivity index (χ0) is 21.3. The topological polar surface area (TPSA) is 61.4 Å².